The third-order valence-corrected chi connectivity index (χ3v) is 13.1. The minimum atomic E-state index is -1.81. The van der Waals surface area contributed by atoms with E-state index >= 15 is 8.78 Å². The number of piperidine rings is 1. The Bertz CT molecular complexity index is 2600. The molecule has 0 bridgehead atoms. The molecule has 1 unspecified atom stereocenters. The van der Waals surface area contributed by atoms with Gasteiger partial charge in [0.1, 0.15) is 28.8 Å². The average Bonchev–Trinajstić information content (AvgIpc) is 3.76. The van der Waals surface area contributed by atoms with E-state index < -0.39 is 58.3 Å². The van der Waals surface area contributed by atoms with Crippen LogP contribution in [0.5, 0.6) is 5.75 Å². The molecule has 4 aromatic rings. The Kier molecular flexibility index (Phi) is 14.0. The third kappa shape index (κ3) is 9.60. The predicted molar refractivity (Wildman–Crippen MR) is 242 cm³/mol. The van der Waals surface area contributed by atoms with Crippen molar-refractivity contribution in [3.63, 3.8) is 0 Å². The van der Waals surface area contributed by atoms with E-state index in [4.69, 9.17) is 27.9 Å². The Hall–Kier alpha value is -5.88. The monoisotopic (exact) mass is 926 g/mol. The highest BCUT2D eigenvalue weighted by Crippen LogP contribution is 2.53. The SMILES string of the molecule is COc1cc(C(=O)NCCCCCc2cccc3c2CN(C2CCC(=O)NC2=O)C3=O)ccc1NC(=O)[C@@H]1N[C@@H](CC(C)(C)C)[C@](C#N)(c2ccc(Cl)cc2F)[C@H]1c1cccc(Cl)c1F. The first kappa shape index (κ1) is 47.1. The normalized spacial score (nSPS) is 21.7. The molecule has 4 N–H and O–H groups in total. The summed E-state index contributed by atoms with van der Waals surface area (Å²) in [5.74, 6) is -4.75. The number of hydrogen-bond donors (Lipinski definition) is 4. The summed E-state index contributed by atoms with van der Waals surface area (Å²) >= 11 is 12.4. The summed E-state index contributed by atoms with van der Waals surface area (Å²) in [5.41, 5.74) is 0.632. The number of ether oxygens (including phenoxy) is 1. The highest BCUT2D eigenvalue weighted by molar-refractivity contribution is 6.31. The summed E-state index contributed by atoms with van der Waals surface area (Å²) in [6.45, 7) is 6.54. The zero-order valence-corrected chi connectivity index (χ0v) is 38.0. The number of nitrogens with one attached hydrogen (secondary N) is 4. The van der Waals surface area contributed by atoms with Gasteiger partial charge in [0.25, 0.3) is 11.8 Å². The van der Waals surface area contributed by atoms with Crippen molar-refractivity contribution in [3.05, 3.63) is 128 Å². The van der Waals surface area contributed by atoms with Crippen LogP contribution in [0.15, 0.2) is 72.8 Å². The van der Waals surface area contributed by atoms with Crippen LogP contribution in [0, 0.1) is 28.4 Å². The number of nitrogens with zero attached hydrogens (tertiary/aromatic N) is 2. The van der Waals surface area contributed by atoms with Gasteiger partial charge in [-0.15, -0.1) is 0 Å². The van der Waals surface area contributed by atoms with E-state index in [9.17, 15) is 29.2 Å². The summed E-state index contributed by atoms with van der Waals surface area (Å²) in [6, 6.07) is 17.9. The lowest BCUT2D eigenvalue weighted by Gasteiger charge is -2.37. The van der Waals surface area contributed by atoms with Gasteiger partial charge < -0.3 is 25.6 Å². The van der Waals surface area contributed by atoms with Crippen LogP contribution in [0.1, 0.15) is 108 Å². The molecule has 3 aliphatic heterocycles. The number of carbonyl (C=O) groups excluding carboxylic acids is 5. The molecule has 7 rings (SSSR count). The van der Waals surface area contributed by atoms with E-state index in [0.29, 0.717) is 44.3 Å². The molecule has 4 aromatic carbocycles. The maximum absolute atomic E-state index is 16.1. The summed E-state index contributed by atoms with van der Waals surface area (Å²) in [4.78, 5) is 66.7. The smallest absolute Gasteiger partial charge is 0.255 e. The number of fused-ring (bicyclic) bond motifs is 1. The largest absolute Gasteiger partial charge is 0.495 e. The van der Waals surface area contributed by atoms with Crippen LogP contribution >= 0.6 is 23.2 Å². The number of hydrogen-bond acceptors (Lipinski definition) is 8. The van der Waals surface area contributed by atoms with Gasteiger partial charge in [0.2, 0.25) is 17.7 Å². The van der Waals surface area contributed by atoms with Crippen molar-refractivity contribution in [1.82, 2.24) is 20.9 Å². The fraction of sp³-hybridized carbons (Fsp3) is 0.388. The van der Waals surface area contributed by atoms with Gasteiger partial charge in [-0.1, -0.05) is 80.7 Å². The number of imide groups is 1. The van der Waals surface area contributed by atoms with Crippen molar-refractivity contribution in [1.29, 1.82) is 5.26 Å². The quantitative estimate of drug-likeness (QED) is 0.0726. The van der Waals surface area contributed by atoms with Gasteiger partial charge in [0, 0.05) is 53.2 Å². The predicted octanol–water partition coefficient (Wildman–Crippen LogP) is 8.14. The molecule has 0 radical (unpaired) electrons. The van der Waals surface area contributed by atoms with Gasteiger partial charge >= 0.3 is 0 Å². The van der Waals surface area contributed by atoms with Gasteiger partial charge in [-0.2, -0.15) is 5.26 Å². The molecule has 3 aliphatic rings. The second-order valence-corrected chi connectivity index (χ2v) is 18.8. The van der Waals surface area contributed by atoms with Crippen LogP contribution in [-0.2, 0) is 32.8 Å². The standard InChI is InChI=1S/C49H50Cl2F2N6O6/c1-48(2,3)24-39-49(26-54,33-17-16-29(50)23-35(33)52)41(31-13-9-14-34(51)42(31)53)43(57-39)46(63)56-36-18-15-28(22-38(36)65-4)44(61)55-21-7-5-6-10-27-11-8-12-30-32(27)25-59(47(30)64)37-19-20-40(60)58-45(37)62/h8-9,11-18,22-23,37,39,41,43,57H,5-7,10,19-21,24-25H2,1-4H3,(H,55,61)(H,56,63)(H,58,60,62)/t37?,39-,41-,43+,49-/m0/s1. The van der Waals surface area contributed by atoms with Crippen LogP contribution in [0.3, 0.4) is 0 Å². The van der Waals surface area contributed by atoms with Crippen molar-refractivity contribution in [2.45, 2.75) is 102 Å². The Morgan fingerprint density at radius 1 is 1.00 bits per heavy atom. The molecule has 0 saturated carbocycles. The number of halogens is 4. The molecule has 5 atom stereocenters. The summed E-state index contributed by atoms with van der Waals surface area (Å²) in [7, 11) is 1.39. The Labute approximate surface area is 386 Å². The van der Waals surface area contributed by atoms with Crippen LogP contribution in [0.2, 0.25) is 10.0 Å². The number of unbranched alkanes of at least 4 members (excludes halogenated alkanes) is 2. The summed E-state index contributed by atoms with van der Waals surface area (Å²) < 4.78 is 37.8. The topological polar surface area (TPSA) is 170 Å². The number of carbonyl (C=O) groups is 5. The molecule has 340 valence electrons. The molecule has 12 nitrogen and oxygen atoms in total. The Balaban J connectivity index is 1.02. The van der Waals surface area contributed by atoms with Crippen molar-refractivity contribution in [2.75, 3.05) is 19.0 Å². The number of aryl methyl sites for hydroxylation is 1. The van der Waals surface area contributed by atoms with E-state index in [0.717, 1.165) is 30.0 Å². The molecular formula is C49H50Cl2F2N6O6. The minimum Gasteiger partial charge on any atom is -0.495 e. The second kappa shape index (κ2) is 19.3. The molecule has 5 amide bonds. The van der Waals surface area contributed by atoms with Crippen molar-refractivity contribution >= 4 is 58.4 Å². The maximum Gasteiger partial charge on any atom is 0.255 e. The molecule has 65 heavy (non-hydrogen) atoms. The number of methoxy groups -OCH3 is 1. The maximum atomic E-state index is 16.1. The first-order valence-electron chi connectivity index (χ1n) is 21.6. The summed E-state index contributed by atoms with van der Waals surface area (Å²) in [5, 5.41) is 22.5. The average molecular weight is 928 g/mol. The fourth-order valence-electron chi connectivity index (χ4n) is 9.51. The Morgan fingerprint density at radius 2 is 1.77 bits per heavy atom. The van der Waals surface area contributed by atoms with Crippen molar-refractivity contribution in [2.24, 2.45) is 5.41 Å². The van der Waals surface area contributed by atoms with Crippen LogP contribution in [0.25, 0.3) is 0 Å². The molecule has 0 aromatic heterocycles. The Morgan fingerprint density at radius 3 is 2.48 bits per heavy atom. The molecule has 3 heterocycles. The van der Waals surface area contributed by atoms with E-state index in [2.05, 4.69) is 27.3 Å². The molecule has 0 spiro atoms. The van der Waals surface area contributed by atoms with Crippen molar-refractivity contribution in [3.8, 4) is 11.8 Å². The van der Waals surface area contributed by atoms with Gasteiger partial charge in [-0.05, 0) is 96.7 Å². The number of rotatable bonds is 14. The molecular weight excluding hydrogens is 877 g/mol. The van der Waals surface area contributed by atoms with Gasteiger partial charge in [0.05, 0.1) is 29.9 Å². The molecule has 2 fully saturated rings. The third-order valence-electron chi connectivity index (χ3n) is 12.5. The van der Waals surface area contributed by atoms with Gasteiger partial charge in [-0.3, -0.25) is 29.3 Å². The number of nitriles is 1. The fourth-order valence-corrected chi connectivity index (χ4v) is 9.85. The number of anilines is 1. The van der Waals surface area contributed by atoms with Gasteiger partial charge in [-0.25, -0.2) is 8.78 Å². The van der Waals surface area contributed by atoms with E-state index in [-0.39, 0.29) is 62.3 Å². The summed E-state index contributed by atoms with van der Waals surface area (Å²) in [6.07, 6.45) is 3.74. The van der Waals surface area contributed by atoms with Crippen LogP contribution < -0.4 is 26.0 Å². The highest BCUT2D eigenvalue weighted by Gasteiger charge is 2.61. The first-order chi connectivity index (χ1) is 31.0. The lowest BCUT2D eigenvalue weighted by atomic mass is 9.62. The lowest BCUT2D eigenvalue weighted by molar-refractivity contribution is -0.137. The minimum absolute atomic E-state index is 0.0455. The molecule has 16 heteroatoms. The second-order valence-electron chi connectivity index (χ2n) is 18.0. The van der Waals surface area contributed by atoms with E-state index in [1.807, 2.05) is 32.9 Å². The van der Waals surface area contributed by atoms with Crippen LogP contribution in [0.4, 0.5) is 14.5 Å². The van der Waals surface area contributed by atoms with E-state index in [1.54, 1.807) is 11.0 Å². The zero-order chi connectivity index (χ0) is 46.8. The zero-order valence-electron chi connectivity index (χ0n) is 36.5. The van der Waals surface area contributed by atoms with Crippen molar-refractivity contribution < 1.29 is 37.5 Å². The number of amides is 5. The first-order valence-corrected chi connectivity index (χ1v) is 22.3. The number of benzene rings is 4. The highest BCUT2D eigenvalue weighted by atomic mass is 35.5. The van der Waals surface area contributed by atoms with Crippen LogP contribution in [-0.4, -0.2) is 66.2 Å². The van der Waals surface area contributed by atoms with Gasteiger partial charge in [0.15, 0.2) is 0 Å². The lowest BCUT2D eigenvalue weighted by Crippen LogP contribution is -2.52. The molecule has 2 saturated heterocycles. The van der Waals surface area contributed by atoms with E-state index in [1.165, 1.54) is 55.6 Å². The molecule has 0 aliphatic carbocycles.